The number of imidazole rings is 1. The van der Waals surface area contributed by atoms with E-state index in [1.165, 1.54) is 12.3 Å². The second-order valence-electron chi connectivity index (χ2n) is 8.22. The predicted octanol–water partition coefficient (Wildman–Crippen LogP) is 3.60. The minimum Gasteiger partial charge on any atom is -0.455 e. The van der Waals surface area contributed by atoms with Gasteiger partial charge in [0.05, 0.1) is 22.2 Å². The number of nitrogens with two attached hydrogens (primary N) is 1. The highest BCUT2D eigenvalue weighted by atomic mass is 16.6. The highest BCUT2D eigenvalue weighted by Crippen LogP contribution is 2.32. The van der Waals surface area contributed by atoms with Crippen molar-refractivity contribution in [3.8, 4) is 22.8 Å². The lowest BCUT2D eigenvalue weighted by atomic mass is 10.0. The number of hydrazone groups is 1. The van der Waals surface area contributed by atoms with Crippen LogP contribution in [0.2, 0.25) is 0 Å². The van der Waals surface area contributed by atoms with Gasteiger partial charge in [0.15, 0.2) is 17.3 Å². The van der Waals surface area contributed by atoms with Crippen LogP contribution in [0.5, 0.6) is 0 Å². The van der Waals surface area contributed by atoms with Gasteiger partial charge in [0, 0.05) is 17.2 Å². The summed E-state index contributed by atoms with van der Waals surface area (Å²) in [5.41, 5.74) is 11.7. The van der Waals surface area contributed by atoms with Crippen molar-refractivity contribution in [1.82, 2.24) is 25.3 Å². The average Bonchev–Trinajstić information content (AvgIpc) is 3.59. The van der Waals surface area contributed by atoms with Crippen molar-refractivity contribution < 1.29 is 18.8 Å². The maximum Gasteiger partial charge on any atom is 0.273 e. The number of para-hydroxylation sites is 2. The second-order valence-corrected chi connectivity index (χ2v) is 8.22. The van der Waals surface area contributed by atoms with Gasteiger partial charge in [0.25, 0.3) is 11.6 Å². The van der Waals surface area contributed by atoms with E-state index in [0.717, 1.165) is 5.56 Å². The molecular weight excluding hydrogens is 480 g/mol. The first-order chi connectivity index (χ1) is 17.8. The Labute approximate surface area is 208 Å². The number of hydrogen-bond donors (Lipinski definition) is 2. The van der Waals surface area contributed by atoms with Crippen LogP contribution in [0.1, 0.15) is 16.9 Å². The molecule has 0 bridgehead atoms. The molecular formula is C24H20N8O5. The molecule has 0 spiro atoms. The summed E-state index contributed by atoms with van der Waals surface area (Å²) in [5.74, 6) is 0.752. The molecule has 0 saturated carbocycles. The number of fused-ring (bicyclic) bond motifs is 1. The molecule has 13 nitrogen and oxygen atoms in total. The van der Waals surface area contributed by atoms with E-state index in [2.05, 4.69) is 30.5 Å². The van der Waals surface area contributed by atoms with Crippen molar-refractivity contribution in [2.45, 2.75) is 20.4 Å². The molecule has 0 saturated heterocycles. The van der Waals surface area contributed by atoms with Crippen LogP contribution < -0.4 is 11.2 Å². The van der Waals surface area contributed by atoms with E-state index < -0.39 is 10.8 Å². The van der Waals surface area contributed by atoms with Crippen LogP contribution in [0.3, 0.4) is 0 Å². The molecule has 3 aromatic heterocycles. The van der Waals surface area contributed by atoms with Crippen LogP contribution in [0, 0.1) is 24.0 Å². The second kappa shape index (κ2) is 9.37. The molecule has 37 heavy (non-hydrogen) atoms. The smallest absolute Gasteiger partial charge is 0.273 e. The van der Waals surface area contributed by atoms with Crippen molar-refractivity contribution in [3.63, 3.8) is 0 Å². The highest BCUT2D eigenvalue weighted by Gasteiger charge is 2.21. The lowest BCUT2D eigenvalue weighted by Crippen LogP contribution is -2.23. The minimum absolute atomic E-state index is 0.0171. The summed E-state index contributed by atoms with van der Waals surface area (Å²) < 4.78 is 12.1. The molecule has 3 heterocycles. The quantitative estimate of drug-likeness (QED) is 0.192. The molecule has 1 amide bonds. The monoisotopic (exact) mass is 500 g/mol. The lowest BCUT2D eigenvalue weighted by Gasteiger charge is -2.06. The van der Waals surface area contributed by atoms with Crippen LogP contribution in [-0.4, -0.2) is 36.9 Å². The Kier molecular flexibility index (Phi) is 5.93. The van der Waals surface area contributed by atoms with E-state index in [1.807, 2.05) is 24.3 Å². The summed E-state index contributed by atoms with van der Waals surface area (Å²) in [6.07, 6.45) is 1.34. The van der Waals surface area contributed by atoms with Gasteiger partial charge in [-0.2, -0.15) is 5.10 Å². The number of aryl methyl sites for hydroxylation is 1. The van der Waals surface area contributed by atoms with Crippen molar-refractivity contribution >= 4 is 34.7 Å². The number of hydrogen-bond acceptors (Lipinski definition) is 10. The number of nitrogens with zero attached hydrogens (tertiary/aromatic N) is 6. The van der Waals surface area contributed by atoms with E-state index >= 15 is 0 Å². The molecule has 2 aromatic carbocycles. The van der Waals surface area contributed by atoms with E-state index in [1.54, 1.807) is 36.6 Å². The van der Waals surface area contributed by atoms with Gasteiger partial charge >= 0.3 is 0 Å². The zero-order chi connectivity index (χ0) is 26.1. The van der Waals surface area contributed by atoms with Gasteiger partial charge in [0.2, 0.25) is 0 Å². The molecule has 0 atom stereocenters. The molecule has 13 heteroatoms. The summed E-state index contributed by atoms with van der Waals surface area (Å²) >= 11 is 0. The number of amides is 1. The van der Waals surface area contributed by atoms with Gasteiger partial charge in [0.1, 0.15) is 18.1 Å². The number of anilines is 1. The van der Waals surface area contributed by atoms with Crippen molar-refractivity contribution in [1.29, 1.82) is 0 Å². The van der Waals surface area contributed by atoms with Gasteiger partial charge in [-0.15, -0.1) is 0 Å². The summed E-state index contributed by atoms with van der Waals surface area (Å²) in [5, 5.41) is 22.7. The Morgan fingerprint density at radius 3 is 2.78 bits per heavy atom. The summed E-state index contributed by atoms with van der Waals surface area (Å²) in [6, 6.07) is 13.9. The van der Waals surface area contributed by atoms with E-state index in [4.69, 9.17) is 10.2 Å². The third-order valence-corrected chi connectivity index (χ3v) is 5.68. The lowest BCUT2D eigenvalue weighted by molar-refractivity contribution is -0.385. The Balaban J connectivity index is 1.33. The normalized spacial score (nSPS) is 11.4. The Morgan fingerprint density at radius 1 is 1.22 bits per heavy atom. The number of nitrogen functional groups attached to an aromatic ring is 1. The molecule has 186 valence electrons. The van der Waals surface area contributed by atoms with E-state index in [-0.39, 0.29) is 23.7 Å². The van der Waals surface area contributed by atoms with Crippen LogP contribution in [-0.2, 0) is 11.3 Å². The molecule has 5 rings (SSSR count). The number of aromatic nitrogens is 4. The van der Waals surface area contributed by atoms with Crippen LogP contribution in [0.25, 0.3) is 33.9 Å². The minimum atomic E-state index is -0.437. The van der Waals surface area contributed by atoms with Gasteiger partial charge in [-0.05, 0) is 60.1 Å². The zero-order valence-corrected chi connectivity index (χ0v) is 19.7. The third kappa shape index (κ3) is 4.52. The first kappa shape index (κ1) is 23.4. The number of nitro benzene ring substituents is 1. The van der Waals surface area contributed by atoms with Crippen molar-refractivity contribution in [2.75, 3.05) is 5.73 Å². The average molecular weight is 500 g/mol. The number of nitro groups is 1. The Morgan fingerprint density at radius 2 is 2.03 bits per heavy atom. The molecule has 3 N–H and O–H groups in total. The zero-order valence-electron chi connectivity index (χ0n) is 19.7. The molecule has 0 aliphatic rings. The number of furan rings is 1. The van der Waals surface area contributed by atoms with Gasteiger partial charge < -0.3 is 14.7 Å². The van der Waals surface area contributed by atoms with Gasteiger partial charge in [-0.3, -0.25) is 14.9 Å². The summed E-state index contributed by atoms with van der Waals surface area (Å²) in [4.78, 5) is 28.1. The maximum atomic E-state index is 12.7. The van der Waals surface area contributed by atoms with Crippen LogP contribution >= 0.6 is 0 Å². The fourth-order valence-electron chi connectivity index (χ4n) is 3.97. The first-order valence-corrected chi connectivity index (χ1v) is 11.0. The van der Waals surface area contributed by atoms with Gasteiger partial charge in [-0.1, -0.05) is 12.1 Å². The number of carbonyl (C=O) groups excluding carboxylic acids is 1. The maximum absolute atomic E-state index is 12.7. The molecule has 0 unspecified atom stereocenters. The molecule has 0 aliphatic carbocycles. The van der Waals surface area contributed by atoms with Crippen molar-refractivity contribution in [3.05, 3.63) is 75.5 Å². The number of nitrogens with one attached hydrogen (secondary N) is 1. The Bertz CT molecular complexity index is 1680. The number of carbonyl (C=O) groups is 1. The molecule has 0 fully saturated rings. The number of benzene rings is 2. The highest BCUT2D eigenvalue weighted by molar-refractivity contribution is 5.86. The fraction of sp³-hybridized carbons (Fsp3) is 0.125. The van der Waals surface area contributed by atoms with E-state index in [9.17, 15) is 14.9 Å². The predicted molar refractivity (Wildman–Crippen MR) is 133 cm³/mol. The number of rotatable bonds is 7. The third-order valence-electron chi connectivity index (χ3n) is 5.68. The Hall–Kier alpha value is -5.33. The standard InChI is InChI=1S/C24H20N8O5/c1-13-9-16(14(2)19(10-13)32(34)35)20-8-7-15(36-20)11-26-28-21(33)12-31-18-6-4-3-5-17(18)27-24(31)22-23(25)30-37-29-22/h3-11H,12H2,1-2H3,(H2,25,30)(H,28,33)/b26-11-. The molecule has 0 radical (unpaired) electrons. The summed E-state index contributed by atoms with van der Waals surface area (Å²) in [6.45, 7) is 3.31. The largest absolute Gasteiger partial charge is 0.455 e. The van der Waals surface area contributed by atoms with E-state index in [0.29, 0.717) is 39.5 Å². The first-order valence-electron chi connectivity index (χ1n) is 11.0. The summed E-state index contributed by atoms with van der Waals surface area (Å²) in [7, 11) is 0. The molecule has 0 aliphatic heterocycles. The topological polar surface area (TPSA) is 180 Å². The van der Waals surface area contributed by atoms with Crippen LogP contribution in [0.4, 0.5) is 11.5 Å². The van der Waals surface area contributed by atoms with Gasteiger partial charge in [-0.25, -0.2) is 15.0 Å². The van der Waals surface area contributed by atoms with Crippen molar-refractivity contribution in [2.24, 2.45) is 5.10 Å². The fourth-order valence-corrected chi connectivity index (χ4v) is 3.97. The van der Waals surface area contributed by atoms with Crippen LogP contribution in [0.15, 0.2) is 62.7 Å². The SMILES string of the molecule is Cc1cc(-c2ccc(/C=N\NC(=O)Cn3c(-c4nonc4N)nc4ccccc43)o2)c(C)c([N+](=O)[O-])c1. The molecule has 5 aromatic rings.